The van der Waals surface area contributed by atoms with Crippen LogP contribution >= 0.6 is 0 Å². The maximum Gasteiger partial charge on any atom is 0.241 e. The van der Waals surface area contributed by atoms with Crippen LogP contribution in [0.4, 0.5) is 11.9 Å². The van der Waals surface area contributed by atoms with Crippen LogP contribution in [0.3, 0.4) is 0 Å². The fourth-order valence-corrected chi connectivity index (χ4v) is 3.16. The molecule has 8 nitrogen and oxygen atoms in total. The van der Waals surface area contributed by atoms with Crippen LogP contribution in [-0.2, 0) is 4.74 Å². The number of rotatable bonds is 2. The van der Waals surface area contributed by atoms with Gasteiger partial charge in [0.2, 0.25) is 17.8 Å². The van der Waals surface area contributed by atoms with Gasteiger partial charge in [-0.25, -0.2) is 4.98 Å². The topological polar surface area (TPSA) is 95.0 Å². The lowest BCUT2D eigenvalue weighted by atomic mass is 10.1. The number of ether oxygens (including phenoxy) is 1. The summed E-state index contributed by atoms with van der Waals surface area (Å²) in [5, 5.41) is 0. The minimum Gasteiger partial charge on any atom is -0.374 e. The molecule has 2 aromatic heterocycles. The van der Waals surface area contributed by atoms with Crippen LogP contribution < -0.4 is 10.6 Å². The standard InChI is InChI=1S/C13H17N7O/c14-11-16-12(19-5-4-15-8-19)18-13(17-11)20-6-7-21-10-3-1-2-9(10)20/h4-5,8-10H,1-3,6-7H2,(H2,14,16,17,18). The Bertz CT molecular complexity index is 629. The lowest BCUT2D eigenvalue weighted by Gasteiger charge is -2.37. The third kappa shape index (κ3) is 2.21. The van der Waals surface area contributed by atoms with Crippen LogP contribution in [0.2, 0.25) is 0 Å². The lowest BCUT2D eigenvalue weighted by molar-refractivity contribution is 0.0250. The molecule has 2 fully saturated rings. The summed E-state index contributed by atoms with van der Waals surface area (Å²) in [6, 6.07) is 0.344. The molecule has 0 spiro atoms. The maximum absolute atomic E-state index is 5.86. The van der Waals surface area contributed by atoms with Crippen molar-refractivity contribution in [1.82, 2.24) is 24.5 Å². The Labute approximate surface area is 122 Å². The SMILES string of the molecule is Nc1nc(N2CCOC3CCCC32)nc(-n2ccnc2)n1. The number of nitrogens with two attached hydrogens (primary N) is 1. The van der Waals surface area contributed by atoms with E-state index in [1.54, 1.807) is 23.3 Å². The fraction of sp³-hybridized carbons (Fsp3) is 0.538. The number of morpholine rings is 1. The minimum atomic E-state index is 0.227. The summed E-state index contributed by atoms with van der Waals surface area (Å²) in [5.41, 5.74) is 5.86. The highest BCUT2D eigenvalue weighted by molar-refractivity contribution is 5.40. The Morgan fingerprint density at radius 2 is 2.10 bits per heavy atom. The Hall–Kier alpha value is -2.22. The molecule has 4 rings (SSSR count). The number of nitrogen functional groups attached to an aromatic ring is 1. The summed E-state index contributed by atoms with van der Waals surface area (Å²) in [6.45, 7) is 1.49. The van der Waals surface area contributed by atoms with Crippen LogP contribution in [-0.4, -0.2) is 49.8 Å². The van der Waals surface area contributed by atoms with Gasteiger partial charge in [-0.1, -0.05) is 0 Å². The largest absolute Gasteiger partial charge is 0.374 e. The Kier molecular flexibility index (Phi) is 2.95. The number of nitrogens with zero attached hydrogens (tertiary/aromatic N) is 6. The van der Waals surface area contributed by atoms with Crippen LogP contribution in [0.15, 0.2) is 18.7 Å². The first kappa shape index (κ1) is 12.5. The molecule has 0 amide bonds. The van der Waals surface area contributed by atoms with E-state index in [1.165, 1.54) is 6.42 Å². The Morgan fingerprint density at radius 1 is 1.19 bits per heavy atom. The summed E-state index contributed by atoms with van der Waals surface area (Å²) < 4.78 is 7.56. The summed E-state index contributed by atoms with van der Waals surface area (Å²) in [6.07, 6.45) is 8.80. The van der Waals surface area contributed by atoms with Crippen molar-refractivity contribution in [2.24, 2.45) is 0 Å². The molecule has 0 radical (unpaired) electrons. The van der Waals surface area contributed by atoms with Gasteiger partial charge in [0.25, 0.3) is 0 Å². The van der Waals surface area contributed by atoms with Gasteiger partial charge in [0.15, 0.2) is 0 Å². The van der Waals surface area contributed by atoms with Crippen molar-refractivity contribution < 1.29 is 4.74 Å². The van der Waals surface area contributed by atoms with Crippen molar-refractivity contribution in [3.63, 3.8) is 0 Å². The van der Waals surface area contributed by atoms with Gasteiger partial charge in [-0.3, -0.25) is 4.57 Å². The Morgan fingerprint density at radius 3 is 2.95 bits per heavy atom. The second-order valence-electron chi connectivity index (χ2n) is 5.36. The van der Waals surface area contributed by atoms with Gasteiger partial charge < -0.3 is 15.4 Å². The van der Waals surface area contributed by atoms with E-state index in [1.807, 2.05) is 0 Å². The normalized spacial score (nSPS) is 25.0. The first-order chi connectivity index (χ1) is 10.3. The number of hydrogen-bond donors (Lipinski definition) is 1. The molecule has 2 aliphatic rings. The fourth-order valence-electron chi connectivity index (χ4n) is 3.16. The van der Waals surface area contributed by atoms with Crippen LogP contribution in [0.5, 0.6) is 0 Å². The van der Waals surface area contributed by atoms with Gasteiger partial charge in [0.05, 0.1) is 18.8 Å². The predicted octanol–water partition coefficient (Wildman–Crippen LogP) is 0.397. The molecule has 2 N–H and O–H groups in total. The monoisotopic (exact) mass is 287 g/mol. The van der Waals surface area contributed by atoms with Gasteiger partial charge >= 0.3 is 0 Å². The molecule has 3 heterocycles. The molecule has 2 unspecified atom stereocenters. The predicted molar refractivity (Wildman–Crippen MR) is 76.1 cm³/mol. The molecular weight excluding hydrogens is 270 g/mol. The quantitative estimate of drug-likeness (QED) is 0.854. The molecule has 8 heteroatoms. The summed E-state index contributed by atoms with van der Waals surface area (Å²) in [5.74, 6) is 1.35. The third-order valence-corrected chi connectivity index (χ3v) is 4.10. The molecule has 0 bridgehead atoms. The molecule has 2 atom stereocenters. The van der Waals surface area contributed by atoms with Gasteiger partial charge in [-0.05, 0) is 19.3 Å². The molecule has 1 aliphatic heterocycles. The molecule has 110 valence electrons. The van der Waals surface area contributed by atoms with Crippen molar-refractivity contribution in [1.29, 1.82) is 0 Å². The second kappa shape index (κ2) is 4.96. The Balaban J connectivity index is 1.71. The summed E-state index contributed by atoms with van der Waals surface area (Å²) in [7, 11) is 0. The van der Waals surface area contributed by atoms with Crippen LogP contribution in [0.1, 0.15) is 19.3 Å². The zero-order chi connectivity index (χ0) is 14.2. The molecule has 1 saturated carbocycles. The molecule has 1 aliphatic carbocycles. The average Bonchev–Trinajstić information content (AvgIpc) is 3.17. The van der Waals surface area contributed by atoms with Gasteiger partial charge in [0, 0.05) is 18.9 Å². The number of anilines is 2. The second-order valence-corrected chi connectivity index (χ2v) is 5.36. The van der Waals surface area contributed by atoms with Gasteiger partial charge in [0.1, 0.15) is 6.33 Å². The smallest absolute Gasteiger partial charge is 0.241 e. The number of aromatic nitrogens is 5. The highest BCUT2D eigenvalue weighted by atomic mass is 16.5. The number of hydrogen-bond acceptors (Lipinski definition) is 7. The zero-order valence-corrected chi connectivity index (χ0v) is 11.6. The zero-order valence-electron chi connectivity index (χ0n) is 11.6. The van der Waals surface area contributed by atoms with Crippen molar-refractivity contribution in [3.05, 3.63) is 18.7 Å². The van der Waals surface area contributed by atoms with Crippen molar-refractivity contribution in [3.8, 4) is 5.95 Å². The number of fused-ring (bicyclic) bond motifs is 1. The lowest BCUT2D eigenvalue weighted by Crippen LogP contribution is -2.49. The third-order valence-electron chi connectivity index (χ3n) is 4.10. The van der Waals surface area contributed by atoms with Crippen molar-refractivity contribution in [2.45, 2.75) is 31.4 Å². The van der Waals surface area contributed by atoms with Crippen molar-refractivity contribution >= 4 is 11.9 Å². The van der Waals surface area contributed by atoms with E-state index in [-0.39, 0.29) is 12.1 Å². The molecule has 21 heavy (non-hydrogen) atoms. The summed E-state index contributed by atoms with van der Waals surface area (Å²) >= 11 is 0. The maximum atomic E-state index is 5.86. The summed E-state index contributed by atoms with van der Waals surface area (Å²) in [4.78, 5) is 19.3. The molecule has 1 saturated heterocycles. The van der Waals surface area contributed by atoms with E-state index in [4.69, 9.17) is 10.5 Å². The van der Waals surface area contributed by atoms with Gasteiger partial charge in [-0.2, -0.15) is 15.0 Å². The van der Waals surface area contributed by atoms with E-state index < -0.39 is 0 Å². The van der Waals surface area contributed by atoms with E-state index >= 15 is 0 Å². The number of imidazole rings is 1. The van der Waals surface area contributed by atoms with E-state index in [0.717, 1.165) is 19.4 Å². The van der Waals surface area contributed by atoms with Crippen molar-refractivity contribution in [2.75, 3.05) is 23.8 Å². The average molecular weight is 287 g/mol. The van der Waals surface area contributed by atoms with Crippen LogP contribution in [0, 0.1) is 0 Å². The van der Waals surface area contributed by atoms with E-state index in [9.17, 15) is 0 Å². The highest BCUT2D eigenvalue weighted by Crippen LogP contribution is 2.31. The van der Waals surface area contributed by atoms with E-state index in [2.05, 4.69) is 24.8 Å². The minimum absolute atomic E-state index is 0.227. The molecule has 2 aromatic rings. The molecular formula is C13H17N7O. The van der Waals surface area contributed by atoms with Gasteiger partial charge in [-0.15, -0.1) is 0 Å². The molecule has 0 aromatic carbocycles. The van der Waals surface area contributed by atoms with E-state index in [0.29, 0.717) is 24.5 Å². The first-order valence-corrected chi connectivity index (χ1v) is 7.19. The highest BCUT2D eigenvalue weighted by Gasteiger charge is 2.37. The van der Waals surface area contributed by atoms with Crippen LogP contribution in [0.25, 0.3) is 5.95 Å². The first-order valence-electron chi connectivity index (χ1n) is 7.19.